The third-order valence-corrected chi connectivity index (χ3v) is 4.17. The molecule has 0 aromatic heterocycles. The molecule has 0 spiro atoms. The molecule has 0 saturated heterocycles. The molecule has 0 amide bonds. The van der Waals surface area contributed by atoms with Crippen molar-refractivity contribution in [1.29, 1.82) is 0 Å². The highest BCUT2D eigenvalue weighted by Crippen LogP contribution is 2.19. The number of benzene rings is 2. The van der Waals surface area contributed by atoms with Crippen LogP contribution < -0.4 is 15.6 Å². The quantitative estimate of drug-likeness (QED) is 0.393. The smallest absolute Gasteiger partial charge is 0.191 e. The molecular weight excluding hydrogens is 371 g/mol. The van der Waals surface area contributed by atoms with Gasteiger partial charge in [-0.2, -0.15) is 5.10 Å². The summed E-state index contributed by atoms with van der Waals surface area (Å²) in [6.07, 6.45) is 2.80. The van der Waals surface area contributed by atoms with Crippen molar-refractivity contribution in [3.8, 4) is 0 Å². The van der Waals surface area contributed by atoms with Gasteiger partial charge in [0, 0.05) is 24.5 Å². The summed E-state index contributed by atoms with van der Waals surface area (Å²) in [5.41, 5.74) is 5.47. The van der Waals surface area contributed by atoms with Crippen LogP contribution in [-0.2, 0) is 0 Å². The van der Waals surface area contributed by atoms with E-state index in [-0.39, 0.29) is 5.02 Å². The van der Waals surface area contributed by atoms with Gasteiger partial charge in [0.2, 0.25) is 0 Å². The van der Waals surface area contributed by atoms with Gasteiger partial charge in [0.15, 0.2) is 5.11 Å². The molecule has 26 heavy (non-hydrogen) atoms. The Bertz CT molecular complexity index is 765. The summed E-state index contributed by atoms with van der Waals surface area (Å²) in [7, 11) is 0. The predicted molar refractivity (Wildman–Crippen MR) is 113 cm³/mol. The number of hydrazone groups is 1. The zero-order valence-electron chi connectivity index (χ0n) is 14.8. The van der Waals surface area contributed by atoms with Crippen LogP contribution in [0.25, 0.3) is 0 Å². The van der Waals surface area contributed by atoms with Crippen molar-refractivity contribution in [3.63, 3.8) is 0 Å². The van der Waals surface area contributed by atoms with Gasteiger partial charge in [-0.3, -0.25) is 5.43 Å². The summed E-state index contributed by atoms with van der Waals surface area (Å²) in [5, 5.41) is 7.33. The lowest BCUT2D eigenvalue weighted by molar-refractivity contribution is 0.628. The van der Waals surface area contributed by atoms with Crippen molar-refractivity contribution in [2.45, 2.75) is 20.3 Å². The molecule has 0 aliphatic heterocycles. The second kappa shape index (κ2) is 10.1. The average molecular weight is 393 g/mol. The number of nitrogens with zero attached hydrogens (tertiary/aromatic N) is 2. The Morgan fingerprint density at radius 1 is 1.23 bits per heavy atom. The molecule has 2 aromatic rings. The first kappa shape index (κ1) is 20.1. The standard InChI is InChI=1S/C19H22ClFN4S/c1-3-11-25(4-2)16-8-5-14(6-9-16)13-22-24-19(26)23-15-7-10-18(21)17(20)12-15/h5-10,12-13H,3-4,11H2,1-2H3,(H2,23,24,26). The molecule has 0 atom stereocenters. The summed E-state index contributed by atoms with van der Waals surface area (Å²) >= 11 is 10.9. The molecule has 2 rings (SSSR count). The largest absolute Gasteiger partial charge is 0.372 e. The van der Waals surface area contributed by atoms with Gasteiger partial charge in [0.25, 0.3) is 0 Å². The van der Waals surface area contributed by atoms with Gasteiger partial charge < -0.3 is 10.2 Å². The number of rotatable bonds is 7. The van der Waals surface area contributed by atoms with Crippen LogP contribution in [0.4, 0.5) is 15.8 Å². The Labute approximate surface area is 164 Å². The third kappa shape index (κ3) is 5.97. The second-order valence-electron chi connectivity index (χ2n) is 5.62. The molecule has 0 saturated carbocycles. The van der Waals surface area contributed by atoms with Crippen LogP contribution in [0.15, 0.2) is 47.6 Å². The highest BCUT2D eigenvalue weighted by molar-refractivity contribution is 7.80. The summed E-state index contributed by atoms with van der Waals surface area (Å²) in [6.45, 7) is 6.35. The van der Waals surface area contributed by atoms with E-state index >= 15 is 0 Å². The van der Waals surface area contributed by atoms with E-state index in [1.165, 1.54) is 17.8 Å². The number of anilines is 2. The minimum Gasteiger partial charge on any atom is -0.372 e. The van der Waals surface area contributed by atoms with E-state index in [1.54, 1.807) is 12.3 Å². The van der Waals surface area contributed by atoms with Crippen molar-refractivity contribution in [3.05, 3.63) is 58.9 Å². The maximum atomic E-state index is 13.1. The SMILES string of the molecule is CCCN(CC)c1ccc(C=NNC(=S)Nc2ccc(F)c(Cl)c2)cc1. The predicted octanol–water partition coefficient (Wildman–Crippen LogP) is 5.04. The lowest BCUT2D eigenvalue weighted by Crippen LogP contribution is -2.24. The maximum Gasteiger partial charge on any atom is 0.191 e. The van der Waals surface area contributed by atoms with Crippen LogP contribution in [0.1, 0.15) is 25.8 Å². The molecule has 0 radical (unpaired) electrons. The van der Waals surface area contributed by atoms with Crippen LogP contribution in [0.3, 0.4) is 0 Å². The molecule has 2 aromatic carbocycles. The van der Waals surface area contributed by atoms with Gasteiger partial charge in [-0.25, -0.2) is 4.39 Å². The Hall–Kier alpha value is -2.18. The molecule has 2 N–H and O–H groups in total. The van der Waals surface area contributed by atoms with E-state index in [1.807, 2.05) is 12.1 Å². The Kier molecular flexibility index (Phi) is 7.81. The Balaban J connectivity index is 1.89. The summed E-state index contributed by atoms with van der Waals surface area (Å²) < 4.78 is 13.1. The number of hydrogen-bond donors (Lipinski definition) is 2. The minimum atomic E-state index is -0.474. The van der Waals surface area contributed by atoms with E-state index in [0.717, 1.165) is 25.1 Å². The van der Waals surface area contributed by atoms with E-state index in [2.05, 4.69) is 46.7 Å². The Morgan fingerprint density at radius 3 is 2.58 bits per heavy atom. The average Bonchev–Trinajstić information content (AvgIpc) is 2.63. The molecule has 0 fully saturated rings. The molecule has 0 aliphatic rings. The molecule has 0 aliphatic carbocycles. The number of halogens is 2. The first-order chi connectivity index (χ1) is 12.5. The topological polar surface area (TPSA) is 39.7 Å². The monoisotopic (exact) mass is 392 g/mol. The molecular formula is C19H22ClFN4S. The zero-order valence-corrected chi connectivity index (χ0v) is 16.4. The van der Waals surface area contributed by atoms with E-state index in [0.29, 0.717) is 10.8 Å². The van der Waals surface area contributed by atoms with Crippen LogP contribution in [-0.4, -0.2) is 24.4 Å². The maximum absolute atomic E-state index is 13.1. The molecule has 7 heteroatoms. The van der Waals surface area contributed by atoms with Crippen molar-refractivity contribution in [1.82, 2.24) is 5.43 Å². The Morgan fingerprint density at radius 2 is 1.96 bits per heavy atom. The van der Waals surface area contributed by atoms with Gasteiger partial charge in [0.1, 0.15) is 5.82 Å². The highest BCUT2D eigenvalue weighted by Gasteiger charge is 2.03. The molecule has 4 nitrogen and oxygen atoms in total. The lowest BCUT2D eigenvalue weighted by Gasteiger charge is -2.22. The molecule has 0 heterocycles. The summed E-state index contributed by atoms with van der Waals surface area (Å²) in [5.74, 6) is -0.474. The van der Waals surface area contributed by atoms with E-state index in [9.17, 15) is 4.39 Å². The van der Waals surface area contributed by atoms with Gasteiger partial charge in [0.05, 0.1) is 11.2 Å². The number of thiocarbonyl (C=S) groups is 1. The summed E-state index contributed by atoms with van der Waals surface area (Å²) in [4.78, 5) is 2.33. The molecule has 0 bridgehead atoms. The van der Waals surface area contributed by atoms with Crippen molar-refractivity contribution in [2.24, 2.45) is 5.10 Å². The fourth-order valence-corrected chi connectivity index (χ4v) is 2.76. The first-order valence-corrected chi connectivity index (χ1v) is 9.22. The van der Waals surface area contributed by atoms with Crippen LogP contribution in [0, 0.1) is 5.82 Å². The zero-order chi connectivity index (χ0) is 18.9. The second-order valence-corrected chi connectivity index (χ2v) is 6.44. The normalized spacial score (nSPS) is 10.8. The van der Waals surface area contributed by atoms with Crippen molar-refractivity contribution in [2.75, 3.05) is 23.3 Å². The van der Waals surface area contributed by atoms with E-state index < -0.39 is 5.82 Å². The fraction of sp³-hybridized carbons (Fsp3) is 0.263. The molecule has 138 valence electrons. The van der Waals surface area contributed by atoms with Gasteiger partial charge >= 0.3 is 0 Å². The van der Waals surface area contributed by atoms with Gasteiger partial charge in [-0.1, -0.05) is 30.7 Å². The molecule has 0 unspecified atom stereocenters. The fourth-order valence-electron chi connectivity index (χ4n) is 2.41. The summed E-state index contributed by atoms with van der Waals surface area (Å²) in [6, 6.07) is 12.5. The highest BCUT2D eigenvalue weighted by atomic mass is 35.5. The van der Waals surface area contributed by atoms with E-state index in [4.69, 9.17) is 23.8 Å². The van der Waals surface area contributed by atoms with Crippen LogP contribution in [0.2, 0.25) is 5.02 Å². The lowest BCUT2D eigenvalue weighted by atomic mass is 10.2. The van der Waals surface area contributed by atoms with Crippen molar-refractivity contribution >= 4 is 46.5 Å². The number of hydrogen-bond acceptors (Lipinski definition) is 3. The van der Waals surface area contributed by atoms with Crippen LogP contribution >= 0.6 is 23.8 Å². The minimum absolute atomic E-state index is 0.0330. The third-order valence-electron chi connectivity index (χ3n) is 3.69. The van der Waals surface area contributed by atoms with Gasteiger partial charge in [-0.15, -0.1) is 0 Å². The first-order valence-electron chi connectivity index (χ1n) is 8.43. The van der Waals surface area contributed by atoms with Crippen LogP contribution in [0.5, 0.6) is 0 Å². The van der Waals surface area contributed by atoms with Crippen molar-refractivity contribution < 1.29 is 4.39 Å². The van der Waals surface area contributed by atoms with Gasteiger partial charge in [-0.05, 0) is 61.5 Å². The number of nitrogens with one attached hydrogen (secondary N) is 2.